The zero-order valence-electron chi connectivity index (χ0n) is 27.0. The third kappa shape index (κ3) is 26.3. The highest BCUT2D eigenvalue weighted by atomic mass is 29.3. The molecule has 250 valence electrons. The molecule has 0 aromatic heterocycles. The van der Waals surface area contributed by atoms with E-state index in [1.165, 1.54) is 37.8 Å². The van der Waals surface area contributed by atoms with Gasteiger partial charge in [0.05, 0.1) is 7.59 Å². The third-order valence-electron chi connectivity index (χ3n) is 7.06. The molecule has 41 heavy (non-hydrogen) atoms. The highest BCUT2D eigenvalue weighted by Gasteiger charge is 2.45. The van der Waals surface area contributed by atoms with Crippen molar-refractivity contribution in [3.63, 3.8) is 0 Å². The van der Waals surface area contributed by atoms with Crippen LogP contribution in [0.4, 0.5) is 0 Å². The fraction of sp³-hybridized carbons (Fsp3) is 0.750. The summed E-state index contributed by atoms with van der Waals surface area (Å²) in [4.78, 5) is 0. The van der Waals surface area contributed by atoms with E-state index in [2.05, 4.69) is 105 Å². The average molecular weight is 682 g/mol. The van der Waals surface area contributed by atoms with Crippen LogP contribution in [0.5, 0.6) is 0 Å². The Kier molecular flexibility index (Phi) is 30.8. The number of hydrogen-bond donors (Lipinski definition) is 0. The third-order valence-corrected chi connectivity index (χ3v) is 39.3. The fourth-order valence-electron chi connectivity index (χ4n) is 4.25. The van der Waals surface area contributed by atoms with E-state index in [9.17, 15) is 0 Å². The van der Waals surface area contributed by atoms with Crippen LogP contribution in [-0.4, -0.2) is 48.9 Å². The molecule has 0 saturated heterocycles. The topological polar surface area (TPSA) is 27.7 Å². The van der Waals surface area contributed by atoms with E-state index in [1.54, 1.807) is 0 Å². The maximum absolute atomic E-state index is 6.92. The van der Waals surface area contributed by atoms with Crippen LogP contribution < -0.4 is 0 Å². The Morgan fingerprint density at radius 1 is 0.488 bits per heavy atom. The van der Waals surface area contributed by atoms with Gasteiger partial charge in [-0.1, -0.05) is 98.1 Å². The molecule has 0 aliphatic heterocycles. The monoisotopic (exact) mass is 680 g/mol. The van der Waals surface area contributed by atoms with Crippen molar-refractivity contribution in [2.24, 2.45) is 0 Å². The van der Waals surface area contributed by atoms with Crippen molar-refractivity contribution in [1.82, 2.24) is 0 Å². The molecule has 0 amide bonds. The molecule has 0 aliphatic rings. The number of unbranched alkanes of at least 4 members (excludes halogenated alkanes) is 4. The molecule has 0 rings (SSSR count). The fourth-order valence-corrected chi connectivity index (χ4v) is 32.8. The van der Waals surface area contributed by atoms with Crippen LogP contribution in [0.25, 0.3) is 0 Å². The molecule has 0 bridgehead atoms. The molecule has 0 aromatic rings. The van der Waals surface area contributed by atoms with Crippen molar-refractivity contribution in [2.45, 2.75) is 159 Å². The van der Waals surface area contributed by atoms with Crippen molar-refractivity contribution in [3.05, 3.63) is 49.9 Å². The largest absolute Gasteiger partial charge is 0.458 e. The van der Waals surface area contributed by atoms with Gasteiger partial charge in [-0.3, -0.25) is 0 Å². The van der Waals surface area contributed by atoms with Gasteiger partial charge in [-0.2, -0.15) is 0 Å². The number of allylic oxidation sites excluding steroid dienone is 2. The minimum Gasteiger partial charge on any atom is -0.458 e. The van der Waals surface area contributed by atoms with E-state index in [1.807, 2.05) is 23.6 Å². The molecule has 0 N–H and O–H groups in total. The molecular formula is C32H80O3Si6. The molecule has 0 aliphatic carbocycles. The lowest BCUT2D eigenvalue weighted by atomic mass is 10.2. The Morgan fingerprint density at radius 2 is 0.829 bits per heavy atom. The van der Waals surface area contributed by atoms with Crippen molar-refractivity contribution in [2.75, 3.05) is 0 Å². The molecule has 0 aromatic carbocycles. The maximum atomic E-state index is 6.92. The van der Waals surface area contributed by atoms with Crippen LogP contribution in [-0.2, 0) is 12.3 Å². The predicted octanol–water partition coefficient (Wildman–Crippen LogP) is 13.0. The van der Waals surface area contributed by atoms with Gasteiger partial charge in [-0.25, -0.2) is 0 Å². The highest BCUT2D eigenvalue weighted by Crippen LogP contribution is 2.31. The van der Waals surface area contributed by atoms with Gasteiger partial charge < -0.3 is 12.3 Å². The summed E-state index contributed by atoms with van der Waals surface area (Å²) >= 11 is 0. The smallest absolute Gasteiger partial charge is 0.311 e. The second kappa shape index (κ2) is 23.5. The van der Waals surface area contributed by atoms with Gasteiger partial charge in [0.1, 0.15) is 0 Å². The van der Waals surface area contributed by atoms with Crippen LogP contribution in [0.1, 0.15) is 68.2 Å². The Morgan fingerprint density at radius 3 is 1.15 bits per heavy atom. The van der Waals surface area contributed by atoms with Gasteiger partial charge in [0, 0.05) is 0 Å². The minimum atomic E-state index is -2.04. The second-order valence-electron chi connectivity index (χ2n) is 13.5. The highest BCUT2D eigenvalue weighted by molar-refractivity contribution is 7.39. The summed E-state index contributed by atoms with van der Waals surface area (Å²) in [5.74, 6) is 0. The summed E-state index contributed by atoms with van der Waals surface area (Å²) < 4.78 is 19.2. The van der Waals surface area contributed by atoms with Crippen molar-refractivity contribution in [1.29, 1.82) is 0 Å². The maximum Gasteiger partial charge on any atom is 0.311 e. The normalized spacial score (nSPS) is 12.1. The Bertz CT molecular complexity index is 678. The summed E-state index contributed by atoms with van der Waals surface area (Å²) in [6, 6.07) is 2.72. The van der Waals surface area contributed by atoms with Crippen LogP contribution >= 0.6 is 0 Å². The summed E-state index contributed by atoms with van der Waals surface area (Å²) in [6.07, 6.45) is 11.6. The quantitative estimate of drug-likeness (QED) is 0.0772. The number of hydrogen-bond acceptors (Lipinski definition) is 3. The first-order chi connectivity index (χ1) is 16.6. The van der Waals surface area contributed by atoms with E-state index >= 15 is 0 Å². The minimum absolute atomic E-state index is 0. The summed E-state index contributed by atoms with van der Waals surface area (Å²) in [5.41, 5.74) is 3.90. The lowest BCUT2D eigenvalue weighted by Gasteiger charge is -2.43. The molecule has 9 heteroatoms. The Labute approximate surface area is 268 Å². The first-order valence-corrected chi connectivity index (χ1v) is 33.2. The first kappa shape index (κ1) is 53.7. The summed E-state index contributed by atoms with van der Waals surface area (Å²) in [6.45, 7) is 43.0. The summed E-state index contributed by atoms with van der Waals surface area (Å²) in [5, 5.41) is 0. The van der Waals surface area contributed by atoms with Crippen molar-refractivity contribution < 1.29 is 12.3 Å². The van der Waals surface area contributed by atoms with Crippen molar-refractivity contribution >= 4 is 48.9 Å². The molecule has 0 unspecified atom stereocenters. The standard InChI is InChI=1S/C18H40OSi3.C10H24O2Si3.4CH4/c1-9-11-13-15-17-20(3,4)19-22(7,8)21(5,6)18-16-14-12-10-2;1-9-13(3,4)11-15(7,8)12-14(5,6)10-2;;;;/h9-10H,1-2,11-18H2,3-8H3;9-10H,1-2H2,3-8H3;4*1H4. The predicted molar refractivity (Wildman–Crippen MR) is 213 cm³/mol. The van der Waals surface area contributed by atoms with Gasteiger partial charge in [-0.15, -0.1) is 26.3 Å². The number of rotatable bonds is 19. The van der Waals surface area contributed by atoms with E-state index in [4.69, 9.17) is 12.3 Å². The van der Waals surface area contributed by atoms with Crippen LogP contribution in [0.3, 0.4) is 0 Å². The Balaban J connectivity index is -0.000000144. The molecule has 0 spiro atoms. The van der Waals surface area contributed by atoms with Gasteiger partial charge in [-0.05, 0) is 84.4 Å². The molecule has 0 radical (unpaired) electrons. The van der Waals surface area contributed by atoms with E-state index in [-0.39, 0.29) is 29.7 Å². The zero-order valence-corrected chi connectivity index (χ0v) is 33.0. The molecule has 0 saturated carbocycles. The molecule has 3 nitrogen and oxygen atoms in total. The molecule has 0 atom stereocenters. The second-order valence-corrected chi connectivity index (χ2v) is 45.0. The lowest BCUT2D eigenvalue weighted by Crippen LogP contribution is -2.61. The van der Waals surface area contributed by atoms with Gasteiger partial charge in [0.15, 0.2) is 32.8 Å². The van der Waals surface area contributed by atoms with Gasteiger partial charge >= 0.3 is 8.56 Å². The van der Waals surface area contributed by atoms with E-state index in [0.29, 0.717) is 0 Å². The summed E-state index contributed by atoms with van der Waals surface area (Å²) in [7, 11) is -9.80. The Hall–Kier alpha value is 0.141. The molecular weight excluding hydrogens is 601 g/mol. The lowest BCUT2D eigenvalue weighted by molar-refractivity contribution is 0.400. The van der Waals surface area contributed by atoms with Crippen LogP contribution in [0, 0.1) is 0 Å². The van der Waals surface area contributed by atoms with Gasteiger partial charge in [0.25, 0.3) is 0 Å². The van der Waals surface area contributed by atoms with E-state index < -0.39 is 48.9 Å². The van der Waals surface area contributed by atoms with Crippen molar-refractivity contribution in [3.8, 4) is 0 Å². The molecule has 0 fully saturated rings. The zero-order chi connectivity index (χ0) is 29.6. The van der Waals surface area contributed by atoms with Crippen LogP contribution in [0.15, 0.2) is 49.9 Å². The van der Waals surface area contributed by atoms with E-state index in [0.717, 1.165) is 12.8 Å². The van der Waals surface area contributed by atoms with Crippen LogP contribution in [0.2, 0.25) is 90.7 Å². The van der Waals surface area contributed by atoms with Gasteiger partial charge in [0.2, 0.25) is 0 Å². The first-order valence-electron chi connectivity index (χ1n) is 14.2. The SMILES string of the molecule is C.C.C.C.C=CCCCC[Si](C)(C)O[Si](C)(C)[Si](C)(C)CCCCC=C.C=C[Si](C)(C)O[Si](C)(C)O[Si](C)(C)C=C. The molecule has 0 heterocycles. The average Bonchev–Trinajstić information content (AvgIpc) is 2.72.